The van der Waals surface area contributed by atoms with Gasteiger partial charge in [-0.25, -0.2) is 0 Å². The number of methoxy groups -OCH3 is 2. The van der Waals surface area contributed by atoms with Crippen LogP contribution in [-0.4, -0.2) is 25.9 Å². The molecule has 200 valence electrons. The van der Waals surface area contributed by atoms with E-state index in [9.17, 15) is 9.59 Å². The summed E-state index contributed by atoms with van der Waals surface area (Å²) in [7, 11) is 3.20. The molecule has 5 rings (SSSR count). The third-order valence-electron chi connectivity index (χ3n) is 7.44. The highest BCUT2D eigenvalue weighted by Crippen LogP contribution is 2.46. The first-order chi connectivity index (χ1) is 18.8. The maximum absolute atomic E-state index is 13.9. The molecule has 0 unspecified atom stereocenters. The van der Waals surface area contributed by atoms with Crippen LogP contribution in [0.1, 0.15) is 48.3 Å². The van der Waals surface area contributed by atoms with E-state index in [2.05, 4.69) is 10.6 Å². The first kappa shape index (κ1) is 26.6. The summed E-state index contributed by atoms with van der Waals surface area (Å²) in [6.45, 7) is 3.88. The number of ether oxygens (including phenoxy) is 2. The molecular weight excluding hydrogens is 512 g/mol. The zero-order valence-electron chi connectivity index (χ0n) is 22.4. The van der Waals surface area contributed by atoms with Crippen molar-refractivity contribution in [3.63, 3.8) is 0 Å². The van der Waals surface area contributed by atoms with Gasteiger partial charge in [-0.15, -0.1) is 0 Å². The third-order valence-corrected chi connectivity index (χ3v) is 7.68. The molecule has 7 heteroatoms. The first-order valence-corrected chi connectivity index (χ1v) is 13.3. The average molecular weight is 543 g/mol. The monoisotopic (exact) mass is 542 g/mol. The van der Waals surface area contributed by atoms with Gasteiger partial charge < -0.3 is 20.1 Å². The summed E-state index contributed by atoms with van der Waals surface area (Å²) in [6.07, 6.45) is 0.941. The number of allylic oxidation sites excluding steroid dienone is 3. The predicted molar refractivity (Wildman–Crippen MR) is 153 cm³/mol. The number of benzene rings is 3. The van der Waals surface area contributed by atoms with Crippen LogP contribution in [0.4, 0.5) is 5.69 Å². The van der Waals surface area contributed by atoms with Gasteiger partial charge in [0.2, 0.25) is 0 Å². The lowest BCUT2D eigenvalue weighted by molar-refractivity contribution is -0.116. The molecule has 6 nitrogen and oxygen atoms in total. The number of halogens is 1. The Hall–Kier alpha value is -4.03. The molecule has 3 aromatic carbocycles. The number of carbonyl (C=O) groups excluding carboxylic acids is 2. The molecule has 39 heavy (non-hydrogen) atoms. The minimum atomic E-state index is -0.538. The molecule has 2 N–H and O–H groups in total. The molecule has 2 atom stereocenters. The molecule has 0 aromatic heterocycles. The van der Waals surface area contributed by atoms with Crippen LogP contribution in [0.3, 0.4) is 0 Å². The van der Waals surface area contributed by atoms with Crippen LogP contribution >= 0.6 is 11.6 Å². The van der Waals surface area contributed by atoms with Crippen molar-refractivity contribution in [1.29, 1.82) is 0 Å². The molecule has 1 aliphatic heterocycles. The number of ketones is 1. The van der Waals surface area contributed by atoms with E-state index in [0.717, 1.165) is 22.4 Å². The molecule has 3 aromatic rings. The Balaban J connectivity index is 1.54. The van der Waals surface area contributed by atoms with Crippen LogP contribution in [0, 0.1) is 6.92 Å². The van der Waals surface area contributed by atoms with Crippen LogP contribution in [0.5, 0.6) is 11.5 Å². The van der Waals surface area contributed by atoms with E-state index < -0.39 is 5.92 Å². The topological polar surface area (TPSA) is 76.7 Å². The van der Waals surface area contributed by atoms with Gasteiger partial charge in [0.1, 0.15) is 0 Å². The molecule has 0 bridgehead atoms. The van der Waals surface area contributed by atoms with Gasteiger partial charge in [0, 0.05) is 45.6 Å². The molecule has 1 amide bonds. The van der Waals surface area contributed by atoms with E-state index in [1.165, 1.54) is 0 Å². The Kier molecular flexibility index (Phi) is 7.49. The molecular formula is C32H31ClN2O4. The number of aryl methyl sites for hydroxylation is 1. The van der Waals surface area contributed by atoms with Gasteiger partial charge in [-0.2, -0.15) is 0 Å². The minimum absolute atomic E-state index is 0.00152. The fourth-order valence-electron chi connectivity index (χ4n) is 5.54. The lowest BCUT2D eigenvalue weighted by Gasteiger charge is -2.37. The second-order valence-electron chi connectivity index (χ2n) is 10.0. The van der Waals surface area contributed by atoms with E-state index in [-0.39, 0.29) is 17.6 Å². The number of rotatable bonds is 6. The summed E-state index contributed by atoms with van der Waals surface area (Å²) < 4.78 is 10.9. The van der Waals surface area contributed by atoms with Gasteiger partial charge >= 0.3 is 0 Å². The van der Waals surface area contributed by atoms with E-state index in [0.29, 0.717) is 51.9 Å². The quantitative estimate of drug-likeness (QED) is 0.364. The maximum atomic E-state index is 13.9. The van der Waals surface area contributed by atoms with Gasteiger partial charge in [-0.05, 0) is 73.7 Å². The zero-order valence-corrected chi connectivity index (χ0v) is 23.2. The van der Waals surface area contributed by atoms with Crippen molar-refractivity contribution in [3.05, 3.63) is 111 Å². The van der Waals surface area contributed by atoms with Crippen LogP contribution in [0.2, 0.25) is 5.02 Å². The van der Waals surface area contributed by atoms with Crippen molar-refractivity contribution < 1.29 is 19.1 Å². The van der Waals surface area contributed by atoms with Crippen molar-refractivity contribution >= 4 is 29.0 Å². The minimum Gasteiger partial charge on any atom is -0.493 e. The number of nitrogens with one attached hydrogen (secondary N) is 2. The van der Waals surface area contributed by atoms with Crippen molar-refractivity contribution in [2.45, 2.75) is 38.5 Å². The summed E-state index contributed by atoms with van der Waals surface area (Å²) >= 11 is 6.39. The van der Waals surface area contributed by atoms with Gasteiger partial charge in [-0.1, -0.05) is 47.5 Å². The predicted octanol–water partition coefficient (Wildman–Crippen LogP) is 6.67. The second-order valence-corrected chi connectivity index (χ2v) is 10.4. The van der Waals surface area contributed by atoms with E-state index in [1.54, 1.807) is 20.3 Å². The molecule has 1 heterocycles. The Morgan fingerprint density at radius 3 is 2.36 bits per heavy atom. The highest BCUT2D eigenvalue weighted by atomic mass is 35.5. The molecule has 0 fully saturated rings. The van der Waals surface area contributed by atoms with Crippen LogP contribution in [0.15, 0.2) is 89.3 Å². The Bertz CT molecular complexity index is 1510. The smallest absolute Gasteiger partial charge is 0.254 e. The summed E-state index contributed by atoms with van der Waals surface area (Å²) in [4.78, 5) is 27.6. The van der Waals surface area contributed by atoms with Gasteiger partial charge in [0.25, 0.3) is 5.91 Å². The summed E-state index contributed by atoms with van der Waals surface area (Å²) in [5.74, 6) is 0.435. The standard InChI is InChI=1S/C32H31ClN2O4/c1-18-8-11-24(12-9-18)35-32(37)29-19(2)34-25-15-22(20-10-13-27(38-3)28(17-20)39-4)16-26(36)31(25)30(29)21-6-5-7-23(33)14-21/h5-14,17,22,30,34H,15-16H2,1-4H3,(H,35,37)/t22-,30-/m0/s1. The maximum Gasteiger partial charge on any atom is 0.254 e. The highest BCUT2D eigenvalue weighted by molar-refractivity contribution is 6.30. The SMILES string of the molecule is COc1ccc([C@@H]2CC(=O)C3=C(C2)NC(C)=C(C(=O)Nc2ccc(C)cc2)[C@@H]3c2cccc(Cl)c2)cc1OC. The van der Waals surface area contributed by atoms with E-state index >= 15 is 0 Å². The normalized spacial score (nSPS) is 18.8. The molecule has 0 saturated heterocycles. The lowest BCUT2D eigenvalue weighted by atomic mass is 9.71. The van der Waals surface area contributed by atoms with Gasteiger partial charge in [0.05, 0.1) is 14.2 Å². The van der Waals surface area contributed by atoms with Gasteiger partial charge in [-0.3, -0.25) is 9.59 Å². The highest BCUT2D eigenvalue weighted by Gasteiger charge is 2.41. The van der Waals surface area contributed by atoms with Crippen LogP contribution < -0.4 is 20.1 Å². The first-order valence-electron chi connectivity index (χ1n) is 12.9. The fourth-order valence-corrected chi connectivity index (χ4v) is 5.74. The Morgan fingerprint density at radius 2 is 1.67 bits per heavy atom. The largest absolute Gasteiger partial charge is 0.493 e. The molecule has 0 spiro atoms. The number of anilines is 1. The van der Waals surface area contributed by atoms with Crippen molar-refractivity contribution in [1.82, 2.24) is 5.32 Å². The zero-order chi connectivity index (χ0) is 27.7. The third kappa shape index (κ3) is 5.30. The number of hydrogen-bond donors (Lipinski definition) is 2. The van der Waals surface area contributed by atoms with Crippen LogP contribution in [-0.2, 0) is 9.59 Å². The van der Waals surface area contributed by atoms with Crippen molar-refractivity contribution in [2.75, 3.05) is 19.5 Å². The van der Waals surface area contributed by atoms with E-state index in [1.807, 2.05) is 74.5 Å². The number of Topliss-reactive ketones (excluding diaryl/α,β-unsaturated/α-hetero) is 1. The second kappa shape index (κ2) is 11.0. The molecule has 0 radical (unpaired) electrons. The van der Waals surface area contributed by atoms with Crippen molar-refractivity contribution in [2.24, 2.45) is 0 Å². The summed E-state index contributed by atoms with van der Waals surface area (Å²) in [5.41, 5.74) is 6.28. The molecule has 0 saturated carbocycles. The Morgan fingerprint density at radius 1 is 0.923 bits per heavy atom. The molecule has 2 aliphatic rings. The summed E-state index contributed by atoms with van der Waals surface area (Å²) in [5, 5.41) is 7.00. The molecule has 1 aliphatic carbocycles. The number of amides is 1. The number of hydrogen-bond acceptors (Lipinski definition) is 5. The van der Waals surface area contributed by atoms with Crippen molar-refractivity contribution in [3.8, 4) is 11.5 Å². The Labute approximate surface area is 233 Å². The number of dihydropyridines is 1. The fraction of sp³-hybridized carbons (Fsp3) is 0.250. The van der Waals surface area contributed by atoms with Crippen LogP contribution in [0.25, 0.3) is 0 Å². The van der Waals surface area contributed by atoms with Gasteiger partial charge in [0.15, 0.2) is 17.3 Å². The number of carbonyl (C=O) groups is 2. The lowest BCUT2D eigenvalue weighted by Crippen LogP contribution is -2.37. The average Bonchev–Trinajstić information content (AvgIpc) is 2.92. The summed E-state index contributed by atoms with van der Waals surface area (Å²) in [6, 6.07) is 20.8. The van der Waals surface area contributed by atoms with E-state index in [4.69, 9.17) is 21.1 Å².